The van der Waals surface area contributed by atoms with Crippen molar-refractivity contribution in [1.82, 2.24) is 9.97 Å². The molecule has 0 aliphatic carbocycles. The van der Waals surface area contributed by atoms with Gasteiger partial charge in [-0.15, -0.1) is 22.7 Å². The number of benzene rings is 2. The van der Waals surface area contributed by atoms with E-state index in [0.717, 1.165) is 27.3 Å². The van der Waals surface area contributed by atoms with Gasteiger partial charge >= 0.3 is 5.97 Å². The first-order valence-corrected chi connectivity index (χ1v) is 13.5. The molecule has 0 bridgehead atoms. The lowest BCUT2D eigenvalue weighted by atomic mass is 9.98. The standard InChI is InChI=1S/C28H22ClN3O3S2/c1-15-10-16(2)26(17(3)11-15)22-14-36-28(31-22)32-25(33)13-35-27(34)19-12-21(23-8-9-24(29)37-23)30-20-7-5-4-6-18(19)20/h4-12,14H,13H2,1-3H3,(H,31,32,33). The van der Waals surface area contributed by atoms with E-state index in [4.69, 9.17) is 16.3 Å². The van der Waals surface area contributed by atoms with Crippen molar-refractivity contribution >= 4 is 62.2 Å². The number of nitrogens with zero attached hydrogens (tertiary/aromatic N) is 2. The number of hydrogen-bond acceptors (Lipinski definition) is 7. The van der Waals surface area contributed by atoms with Crippen LogP contribution in [0.5, 0.6) is 0 Å². The molecule has 0 radical (unpaired) electrons. The summed E-state index contributed by atoms with van der Waals surface area (Å²) in [6, 6.07) is 16.8. The highest BCUT2D eigenvalue weighted by Crippen LogP contribution is 2.33. The number of nitrogens with one attached hydrogen (secondary N) is 1. The SMILES string of the molecule is Cc1cc(C)c(-c2csc(NC(=O)COC(=O)c3cc(-c4ccc(Cl)s4)nc4ccccc34)n2)c(C)c1. The number of thiophene rings is 1. The molecule has 5 aromatic rings. The topological polar surface area (TPSA) is 81.2 Å². The number of anilines is 1. The molecule has 3 heterocycles. The van der Waals surface area contributed by atoms with Gasteiger partial charge in [0.1, 0.15) is 0 Å². The second-order valence-electron chi connectivity index (χ2n) is 8.61. The van der Waals surface area contributed by atoms with Gasteiger partial charge in [0.25, 0.3) is 5.91 Å². The number of halogens is 1. The minimum atomic E-state index is -0.608. The summed E-state index contributed by atoms with van der Waals surface area (Å²) in [5, 5.41) is 5.73. The summed E-state index contributed by atoms with van der Waals surface area (Å²) in [6.07, 6.45) is 0. The maximum atomic E-state index is 13.0. The number of pyridine rings is 1. The lowest BCUT2D eigenvalue weighted by molar-refractivity contribution is -0.119. The number of esters is 1. The summed E-state index contributed by atoms with van der Waals surface area (Å²) < 4.78 is 6.01. The Kier molecular flexibility index (Phi) is 7.06. The van der Waals surface area contributed by atoms with Crippen molar-refractivity contribution in [2.24, 2.45) is 0 Å². The van der Waals surface area contributed by atoms with Crippen LogP contribution in [0.3, 0.4) is 0 Å². The van der Waals surface area contributed by atoms with Crippen molar-refractivity contribution in [3.63, 3.8) is 0 Å². The molecule has 0 saturated carbocycles. The number of amides is 1. The summed E-state index contributed by atoms with van der Waals surface area (Å²) in [4.78, 5) is 35.7. The van der Waals surface area contributed by atoms with E-state index in [1.165, 1.54) is 28.2 Å². The molecule has 5 rings (SSSR count). The quantitative estimate of drug-likeness (QED) is 0.223. The molecule has 0 atom stereocenters. The van der Waals surface area contributed by atoms with Gasteiger partial charge in [0.15, 0.2) is 11.7 Å². The number of rotatable bonds is 6. The average Bonchev–Trinajstić information content (AvgIpc) is 3.50. The smallest absolute Gasteiger partial charge is 0.339 e. The largest absolute Gasteiger partial charge is 0.452 e. The Bertz CT molecular complexity index is 1630. The van der Waals surface area contributed by atoms with Crippen molar-refractivity contribution in [3.05, 3.63) is 86.6 Å². The van der Waals surface area contributed by atoms with Gasteiger partial charge in [0, 0.05) is 16.3 Å². The van der Waals surface area contributed by atoms with E-state index in [1.54, 1.807) is 18.2 Å². The molecule has 9 heteroatoms. The highest BCUT2D eigenvalue weighted by molar-refractivity contribution is 7.19. The summed E-state index contributed by atoms with van der Waals surface area (Å²) >= 11 is 8.79. The number of fused-ring (bicyclic) bond motifs is 1. The third-order valence-electron chi connectivity index (χ3n) is 5.78. The predicted molar refractivity (Wildman–Crippen MR) is 151 cm³/mol. The van der Waals surface area contributed by atoms with Gasteiger partial charge in [-0.2, -0.15) is 0 Å². The van der Waals surface area contributed by atoms with Gasteiger partial charge in [0.2, 0.25) is 0 Å². The Morgan fingerprint density at radius 2 is 1.73 bits per heavy atom. The Morgan fingerprint density at radius 1 is 0.973 bits per heavy atom. The molecule has 37 heavy (non-hydrogen) atoms. The average molecular weight is 548 g/mol. The first-order valence-electron chi connectivity index (χ1n) is 11.4. The van der Waals surface area contributed by atoms with E-state index >= 15 is 0 Å². The normalized spacial score (nSPS) is 11.0. The highest BCUT2D eigenvalue weighted by Gasteiger charge is 2.18. The van der Waals surface area contributed by atoms with E-state index in [1.807, 2.05) is 43.5 Å². The van der Waals surface area contributed by atoms with E-state index in [2.05, 4.69) is 34.3 Å². The van der Waals surface area contributed by atoms with E-state index in [-0.39, 0.29) is 0 Å². The van der Waals surface area contributed by atoms with Gasteiger partial charge in [-0.25, -0.2) is 14.8 Å². The van der Waals surface area contributed by atoms with Gasteiger partial charge in [-0.3, -0.25) is 10.1 Å². The molecule has 0 aliphatic rings. The van der Waals surface area contributed by atoms with Crippen LogP contribution in [-0.4, -0.2) is 28.5 Å². The summed E-state index contributed by atoms with van der Waals surface area (Å²) in [6.45, 7) is 5.72. The van der Waals surface area contributed by atoms with Gasteiger partial charge in [-0.1, -0.05) is 47.5 Å². The molecule has 0 aliphatic heterocycles. The van der Waals surface area contributed by atoms with Crippen molar-refractivity contribution in [1.29, 1.82) is 0 Å². The molecule has 186 valence electrons. The van der Waals surface area contributed by atoms with Crippen molar-refractivity contribution in [2.45, 2.75) is 20.8 Å². The van der Waals surface area contributed by atoms with Crippen LogP contribution in [0.4, 0.5) is 5.13 Å². The van der Waals surface area contributed by atoms with Crippen molar-refractivity contribution in [2.75, 3.05) is 11.9 Å². The lowest BCUT2D eigenvalue weighted by Gasteiger charge is -2.09. The zero-order valence-corrected chi connectivity index (χ0v) is 22.7. The molecule has 0 fully saturated rings. The fraction of sp³-hybridized carbons (Fsp3) is 0.143. The second-order valence-corrected chi connectivity index (χ2v) is 11.2. The van der Waals surface area contributed by atoms with Crippen molar-refractivity contribution in [3.8, 4) is 21.8 Å². The highest BCUT2D eigenvalue weighted by atomic mass is 35.5. The third-order valence-corrected chi connectivity index (χ3v) is 7.79. The number of hydrogen-bond donors (Lipinski definition) is 1. The number of para-hydroxylation sites is 1. The van der Waals surface area contributed by atoms with Crippen molar-refractivity contribution < 1.29 is 14.3 Å². The molecule has 0 unspecified atom stereocenters. The second kappa shape index (κ2) is 10.4. The predicted octanol–water partition coefficient (Wildman–Crippen LogP) is 7.46. The zero-order valence-electron chi connectivity index (χ0n) is 20.3. The summed E-state index contributed by atoms with van der Waals surface area (Å²) in [7, 11) is 0. The van der Waals surface area contributed by atoms with E-state index < -0.39 is 18.5 Å². The minimum Gasteiger partial charge on any atom is -0.452 e. The molecular formula is C28H22ClN3O3S2. The molecule has 0 saturated heterocycles. The third kappa shape index (κ3) is 5.41. The maximum absolute atomic E-state index is 13.0. The van der Waals surface area contributed by atoms with Gasteiger partial charge in [-0.05, 0) is 56.2 Å². The Balaban J connectivity index is 1.30. The fourth-order valence-corrected chi connectivity index (χ4v) is 6.04. The molecule has 1 N–H and O–H groups in total. The maximum Gasteiger partial charge on any atom is 0.339 e. The lowest BCUT2D eigenvalue weighted by Crippen LogP contribution is -2.21. The van der Waals surface area contributed by atoms with Gasteiger partial charge in [0.05, 0.1) is 31.7 Å². The Labute approximate surface area is 226 Å². The summed E-state index contributed by atoms with van der Waals surface area (Å²) in [5.41, 5.74) is 6.91. The molecule has 2 aromatic carbocycles. The number of thiazole rings is 1. The Hall–Kier alpha value is -3.59. The van der Waals surface area contributed by atoms with Crippen LogP contribution in [0.1, 0.15) is 27.0 Å². The molecule has 3 aromatic heterocycles. The number of ether oxygens (including phenoxy) is 1. The van der Waals surface area contributed by atoms with E-state index in [9.17, 15) is 9.59 Å². The first-order chi connectivity index (χ1) is 17.8. The number of aryl methyl sites for hydroxylation is 3. The Morgan fingerprint density at radius 3 is 2.46 bits per heavy atom. The molecule has 1 amide bonds. The van der Waals surface area contributed by atoms with Crippen LogP contribution in [-0.2, 0) is 9.53 Å². The number of aromatic nitrogens is 2. The minimum absolute atomic E-state index is 0.333. The molecule has 0 spiro atoms. The van der Waals surface area contributed by atoms with Crippen LogP contribution in [0, 0.1) is 20.8 Å². The van der Waals surface area contributed by atoms with Crippen LogP contribution in [0.25, 0.3) is 32.7 Å². The van der Waals surface area contributed by atoms with E-state index in [0.29, 0.717) is 31.6 Å². The summed E-state index contributed by atoms with van der Waals surface area (Å²) in [5.74, 6) is -1.07. The number of carbonyl (C=O) groups is 2. The first kappa shape index (κ1) is 25.1. The van der Waals surface area contributed by atoms with Crippen LogP contribution < -0.4 is 5.32 Å². The van der Waals surface area contributed by atoms with Crippen LogP contribution >= 0.6 is 34.3 Å². The zero-order chi connectivity index (χ0) is 26.1. The molecular weight excluding hydrogens is 526 g/mol. The van der Waals surface area contributed by atoms with Gasteiger partial charge < -0.3 is 4.74 Å². The van der Waals surface area contributed by atoms with Crippen LogP contribution in [0.2, 0.25) is 4.34 Å². The van der Waals surface area contributed by atoms with Crippen LogP contribution in [0.15, 0.2) is 60.0 Å². The number of carbonyl (C=O) groups excluding carboxylic acids is 2. The monoisotopic (exact) mass is 547 g/mol. The molecule has 6 nitrogen and oxygen atoms in total. The fourth-order valence-electron chi connectivity index (χ4n) is 4.32.